The lowest BCUT2D eigenvalue weighted by Gasteiger charge is -2.19. The lowest BCUT2D eigenvalue weighted by molar-refractivity contribution is 0.400. The van der Waals surface area contributed by atoms with Gasteiger partial charge in [-0.25, -0.2) is 4.68 Å². The zero-order valence-electron chi connectivity index (χ0n) is 16.7. The van der Waals surface area contributed by atoms with Gasteiger partial charge in [-0.3, -0.25) is 0 Å². The summed E-state index contributed by atoms with van der Waals surface area (Å²) in [6.45, 7) is 8.57. The van der Waals surface area contributed by atoms with E-state index in [1.165, 1.54) is 5.56 Å². The van der Waals surface area contributed by atoms with Gasteiger partial charge in [0, 0.05) is 11.8 Å². The number of hydrogen-bond donors (Lipinski definition) is 1. The molecule has 1 N–H and O–H groups in total. The fraction of sp³-hybridized carbons (Fsp3) is 0.333. The zero-order chi connectivity index (χ0) is 19.6. The van der Waals surface area contributed by atoms with Crippen molar-refractivity contribution in [1.29, 1.82) is 0 Å². The third-order valence-electron chi connectivity index (χ3n) is 4.52. The molecule has 1 heterocycles. The van der Waals surface area contributed by atoms with Crippen molar-refractivity contribution < 1.29 is 9.47 Å². The molecule has 0 unspecified atom stereocenters. The van der Waals surface area contributed by atoms with Crippen molar-refractivity contribution in [3.8, 4) is 17.2 Å². The normalized spacial score (nSPS) is 11.3. The zero-order valence-corrected chi connectivity index (χ0v) is 16.7. The van der Waals surface area contributed by atoms with Crippen molar-refractivity contribution >= 4 is 11.5 Å². The minimum atomic E-state index is 0.125. The van der Waals surface area contributed by atoms with Gasteiger partial charge >= 0.3 is 0 Å². The maximum atomic E-state index is 5.46. The summed E-state index contributed by atoms with van der Waals surface area (Å²) in [5, 5.41) is 11.9. The molecule has 3 aromatic rings. The van der Waals surface area contributed by atoms with Gasteiger partial charge in [-0.1, -0.05) is 38.1 Å². The van der Waals surface area contributed by atoms with Gasteiger partial charge in [-0.15, -0.1) is 5.10 Å². The van der Waals surface area contributed by atoms with Crippen molar-refractivity contribution in [2.75, 3.05) is 19.5 Å². The molecule has 6 heteroatoms. The Hall–Kier alpha value is -3.02. The Morgan fingerprint density at radius 1 is 0.963 bits per heavy atom. The highest BCUT2D eigenvalue weighted by molar-refractivity contribution is 5.60. The second kappa shape index (κ2) is 7.31. The number of nitrogens with zero attached hydrogens (tertiary/aromatic N) is 3. The number of benzene rings is 2. The van der Waals surface area contributed by atoms with Gasteiger partial charge in [0.05, 0.1) is 19.9 Å². The first-order valence-corrected chi connectivity index (χ1v) is 8.85. The molecule has 0 atom stereocenters. The van der Waals surface area contributed by atoms with E-state index in [4.69, 9.17) is 9.47 Å². The number of anilines is 2. The second-order valence-corrected chi connectivity index (χ2v) is 7.43. The first kappa shape index (κ1) is 18.8. The highest BCUT2D eigenvalue weighted by atomic mass is 16.5. The fourth-order valence-electron chi connectivity index (χ4n) is 2.83. The molecular weight excluding hydrogens is 340 g/mol. The van der Waals surface area contributed by atoms with Crippen molar-refractivity contribution in [2.45, 2.75) is 33.1 Å². The molecule has 0 aliphatic heterocycles. The first-order chi connectivity index (χ1) is 12.8. The van der Waals surface area contributed by atoms with Crippen LogP contribution < -0.4 is 14.8 Å². The molecule has 3 rings (SSSR count). The minimum absolute atomic E-state index is 0.125. The van der Waals surface area contributed by atoms with Gasteiger partial charge in [0.15, 0.2) is 5.82 Å². The average Bonchev–Trinajstić information content (AvgIpc) is 3.01. The maximum absolute atomic E-state index is 5.46. The summed E-state index contributed by atoms with van der Waals surface area (Å²) in [6, 6.07) is 14.0. The Kier molecular flexibility index (Phi) is 5.08. The average molecular weight is 366 g/mol. The number of rotatable bonds is 5. The molecule has 0 amide bonds. The molecule has 0 fully saturated rings. The van der Waals surface area contributed by atoms with E-state index in [-0.39, 0.29) is 5.41 Å². The molecule has 27 heavy (non-hydrogen) atoms. The highest BCUT2D eigenvalue weighted by Crippen LogP contribution is 2.30. The van der Waals surface area contributed by atoms with Crippen LogP contribution in [0.4, 0.5) is 11.5 Å². The second-order valence-electron chi connectivity index (χ2n) is 7.43. The summed E-state index contributed by atoms with van der Waals surface area (Å²) in [5.74, 6) is 2.13. The maximum Gasteiger partial charge on any atom is 0.176 e. The summed E-state index contributed by atoms with van der Waals surface area (Å²) in [6.07, 6.45) is 0. The van der Waals surface area contributed by atoms with Crippen molar-refractivity contribution in [1.82, 2.24) is 15.0 Å². The topological polar surface area (TPSA) is 61.2 Å². The largest absolute Gasteiger partial charge is 0.497 e. The number of nitrogens with one attached hydrogen (secondary N) is 1. The molecule has 6 nitrogen and oxygen atoms in total. The number of ether oxygens (including phenoxy) is 2. The van der Waals surface area contributed by atoms with E-state index in [1.54, 1.807) is 18.9 Å². The Balaban J connectivity index is 1.90. The quantitative estimate of drug-likeness (QED) is 0.713. The predicted octanol–water partition coefficient (Wildman–Crippen LogP) is 4.63. The van der Waals surface area contributed by atoms with Crippen LogP contribution in [0.2, 0.25) is 0 Å². The Morgan fingerprint density at radius 2 is 1.67 bits per heavy atom. The molecule has 0 aliphatic carbocycles. The number of hydrogen-bond acceptors (Lipinski definition) is 5. The molecule has 0 saturated heterocycles. The van der Waals surface area contributed by atoms with Gasteiger partial charge in [0.2, 0.25) is 0 Å². The van der Waals surface area contributed by atoms with Crippen LogP contribution in [0.15, 0.2) is 42.5 Å². The molecule has 0 radical (unpaired) electrons. The van der Waals surface area contributed by atoms with E-state index >= 15 is 0 Å². The summed E-state index contributed by atoms with van der Waals surface area (Å²) < 4.78 is 12.5. The fourth-order valence-corrected chi connectivity index (χ4v) is 2.83. The lowest BCUT2D eigenvalue weighted by atomic mass is 9.87. The predicted molar refractivity (Wildman–Crippen MR) is 108 cm³/mol. The summed E-state index contributed by atoms with van der Waals surface area (Å²) in [5.41, 5.74) is 4.03. The monoisotopic (exact) mass is 366 g/mol. The third kappa shape index (κ3) is 3.89. The van der Waals surface area contributed by atoms with E-state index in [0.717, 1.165) is 22.8 Å². The van der Waals surface area contributed by atoms with E-state index < -0.39 is 0 Å². The van der Waals surface area contributed by atoms with Crippen LogP contribution in [0, 0.1) is 6.92 Å². The van der Waals surface area contributed by atoms with Crippen molar-refractivity contribution in [2.24, 2.45) is 0 Å². The molecular formula is C21H26N4O2. The number of aromatic nitrogens is 3. The smallest absolute Gasteiger partial charge is 0.176 e. The summed E-state index contributed by atoms with van der Waals surface area (Å²) >= 11 is 0. The molecule has 0 spiro atoms. The van der Waals surface area contributed by atoms with Crippen LogP contribution in [0.1, 0.15) is 32.0 Å². The van der Waals surface area contributed by atoms with E-state index in [2.05, 4.69) is 60.7 Å². The highest BCUT2D eigenvalue weighted by Gasteiger charge is 2.16. The summed E-state index contributed by atoms with van der Waals surface area (Å²) in [7, 11) is 3.27. The van der Waals surface area contributed by atoms with Gasteiger partial charge < -0.3 is 14.8 Å². The van der Waals surface area contributed by atoms with Crippen LogP contribution in [0.25, 0.3) is 5.69 Å². The van der Waals surface area contributed by atoms with E-state index in [1.807, 2.05) is 25.1 Å². The molecule has 2 aromatic carbocycles. The summed E-state index contributed by atoms with van der Waals surface area (Å²) in [4.78, 5) is 0. The van der Waals surface area contributed by atoms with Crippen LogP contribution >= 0.6 is 0 Å². The van der Waals surface area contributed by atoms with Gasteiger partial charge in [-0.05, 0) is 42.2 Å². The first-order valence-electron chi connectivity index (χ1n) is 8.85. The number of methoxy groups -OCH3 is 2. The van der Waals surface area contributed by atoms with E-state index in [0.29, 0.717) is 11.6 Å². The Morgan fingerprint density at radius 3 is 2.26 bits per heavy atom. The van der Waals surface area contributed by atoms with Crippen LogP contribution in [-0.2, 0) is 5.41 Å². The van der Waals surface area contributed by atoms with Crippen molar-refractivity contribution in [3.63, 3.8) is 0 Å². The van der Waals surface area contributed by atoms with Gasteiger partial charge in [-0.2, -0.15) is 0 Å². The van der Waals surface area contributed by atoms with Gasteiger partial charge in [0.1, 0.15) is 17.2 Å². The third-order valence-corrected chi connectivity index (χ3v) is 4.52. The molecule has 1 aromatic heterocycles. The Labute approximate surface area is 160 Å². The van der Waals surface area contributed by atoms with Crippen molar-refractivity contribution in [3.05, 3.63) is 53.7 Å². The van der Waals surface area contributed by atoms with E-state index in [9.17, 15) is 0 Å². The van der Waals surface area contributed by atoms with Gasteiger partial charge in [0.25, 0.3) is 0 Å². The molecule has 0 bridgehead atoms. The van der Waals surface area contributed by atoms with Crippen LogP contribution in [-0.4, -0.2) is 29.2 Å². The molecule has 142 valence electrons. The minimum Gasteiger partial charge on any atom is -0.497 e. The van der Waals surface area contributed by atoms with Crippen LogP contribution in [0.5, 0.6) is 11.5 Å². The SMILES string of the molecule is COc1ccc(OC)c(-n2nnc(Nc3ccc(C(C)(C)C)cc3)c2C)c1. The Bertz CT molecular complexity index is 924. The lowest BCUT2D eigenvalue weighted by Crippen LogP contribution is -2.10. The molecule has 0 aliphatic rings. The van der Waals surface area contributed by atoms with Crippen LogP contribution in [0.3, 0.4) is 0 Å². The standard InChI is InChI=1S/C21H26N4O2/c1-14-20(22-16-9-7-15(8-10-16)21(2,3)4)23-24-25(14)18-13-17(26-5)11-12-19(18)27-6/h7-13,22H,1-6H3. The molecule has 0 saturated carbocycles.